The van der Waals surface area contributed by atoms with Crippen LogP contribution in [0, 0.1) is 0 Å². The van der Waals surface area contributed by atoms with Crippen molar-refractivity contribution in [3.8, 4) is 0 Å². The highest BCUT2D eigenvalue weighted by Crippen LogP contribution is 2.39. The first kappa shape index (κ1) is 13.2. The summed E-state index contributed by atoms with van der Waals surface area (Å²) in [6.07, 6.45) is 3.18. The summed E-state index contributed by atoms with van der Waals surface area (Å²) in [4.78, 5) is 4.72. The highest BCUT2D eigenvalue weighted by molar-refractivity contribution is 6.45. The highest BCUT2D eigenvalue weighted by Gasteiger charge is 2.28. The predicted molar refractivity (Wildman–Crippen MR) is 81.0 cm³/mol. The number of nitrogens with two attached hydrogens (primary N) is 1. The minimum Gasteiger partial charge on any atom is -0.322 e. The third-order valence-electron chi connectivity index (χ3n) is 3.72. The zero-order chi connectivity index (χ0) is 13.8. The second-order valence-corrected chi connectivity index (χ2v) is 6.53. The van der Waals surface area contributed by atoms with E-state index in [2.05, 4.69) is 0 Å². The Morgan fingerprint density at radius 2 is 1.95 bits per heavy atom. The topological polar surface area (TPSA) is 38.9 Å². The van der Waals surface area contributed by atoms with Crippen molar-refractivity contribution in [1.82, 2.24) is 4.98 Å². The number of aromatic nitrogens is 1. The van der Waals surface area contributed by atoms with Crippen LogP contribution < -0.4 is 5.73 Å². The summed E-state index contributed by atoms with van der Waals surface area (Å²) < 4.78 is 0. The Hall–Kier alpha value is -0.830. The monoisotopic (exact) mass is 294 g/mol. The Kier molecular flexibility index (Phi) is 3.01. The number of rotatable bonds is 1. The fourth-order valence-corrected chi connectivity index (χ4v) is 3.36. The van der Waals surface area contributed by atoms with Gasteiger partial charge in [-0.05, 0) is 50.3 Å². The van der Waals surface area contributed by atoms with Crippen LogP contribution in [0.5, 0.6) is 0 Å². The Morgan fingerprint density at radius 1 is 1.21 bits per heavy atom. The van der Waals surface area contributed by atoms with E-state index in [0.29, 0.717) is 10.0 Å². The van der Waals surface area contributed by atoms with Crippen LogP contribution in [-0.4, -0.2) is 4.98 Å². The van der Waals surface area contributed by atoms with E-state index in [9.17, 15) is 0 Å². The molecule has 0 radical (unpaired) electrons. The van der Waals surface area contributed by atoms with Crippen LogP contribution in [0.15, 0.2) is 12.1 Å². The van der Waals surface area contributed by atoms with Gasteiger partial charge in [-0.25, -0.2) is 0 Å². The number of halogens is 2. The molecule has 1 aromatic carbocycles. The van der Waals surface area contributed by atoms with E-state index in [1.54, 1.807) is 0 Å². The van der Waals surface area contributed by atoms with Crippen LogP contribution in [0.4, 0.5) is 0 Å². The normalized spacial score (nSPS) is 15.0. The number of benzene rings is 1. The zero-order valence-corrected chi connectivity index (χ0v) is 12.6. The van der Waals surface area contributed by atoms with Crippen LogP contribution >= 0.6 is 23.2 Å². The van der Waals surface area contributed by atoms with Crippen molar-refractivity contribution in [2.75, 3.05) is 0 Å². The van der Waals surface area contributed by atoms with Gasteiger partial charge >= 0.3 is 0 Å². The summed E-state index contributed by atoms with van der Waals surface area (Å²) in [7, 11) is 0. The predicted octanol–water partition coefficient (Wildman–Crippen LogP) is 4.22. The molecule has 0 bridgehead atoms. The molecule has 0 spiro atoms. The van der Waals surface area contributed by atoms with Gasteiger partial charge in [0.25, 0.3) is 0 Å². The third-order valence-corrected chi connectivity index (χ3v) is 4.51. The quantitative estimate of drug-likeness (QED) is 0.855. The minimum atomic E-state index is -0.410. The van der Waals surface area contributed by atoms with Crippen molar-refractivity contribution in [3.05, 3.63) is 39.0 Å². The first-order chi connectivity index (χ1) is 8.89. The van der Waals surface area contributed by atoms with Gasteiger partial charge in [0, 0.05) is 16.6 Å². The molecule has 2 aromatic rings. The number of fused-ring (bicyclic) bond motifs is 2. The molecule has 1 aromatic heterocycles. The largest absolute Gasteiger partial charge is 0.322 e. The summed E-state index contributed by atoms with van der Waals surface area (Å²) in [5, 5.41) is 2.10. The maximum Gasteiger partial charge on any atom is 0.0910 e. The van der Waals surface area contributed by atoms with Crippen LogP contribution in [0.3, 0.4) is 0 Å². The number of nitrogens with zero attached hydrogens (tertiary/aromatic N) is 1. The van der Waals surface area contributed by atoms with E-state index >= 15 is 0 Å². The molecule has 0 saturated heterocycles. The summed E-state index contributed by atoms with van der Waals surface area (Å²) in [5.74, 6) is 0. The Morgan fingerprint density at radius 3 is 2.63 bits per heavy atom. The van der Waals surface area contributed by atoms with Crippen LogP contribution in [-0.2, 0) is 18.4 Å². The molecule has 0 unspecified atom stereocenters. The van der Waals surface area contributed by atoms with Gasteiger partial charge < -0.3 is 5.73 Å². The van der Waals surface area contributed by atoms with Gasteiger partial charge in [0.2, 0.25) is 0 Å². The molecule has 3 rings (SSSR count). The first-order valence-electron chi connectivity index (χ1n) is 6.48. The highest BCUT2D eigenvalue weighted by atomic mass is 35.5. The van der Waals surface area contributed by atoms with Crippen LogP contribution in [0.1, 0.15) is 37.1 Å². The molecular weight excluding hydrogens is 279 g/mol. The second-order valence-electron chi connectivity index (χ2n) is 5.74. The second kappa shape index (κ2) is 4.34. The maximum atomic E-state index is 6.38. The smallest absolute Gasteiger partial charge is 0.0910 e. The van der Waals surface area contributed by atoms with Crippen molar-refractivity contribution in [2.24, 2.45) is 5.73 Å². The van der Waals surface area contributed by atoms with Crippen LogP contribution in [0.25, 0.3) is 10.9 Å². The summed E-state index contributed by atoms with van der Waals surface area (Å²) >= 11 is 12.4. The molecular formula is C15H16Cl2N2. The molecule has 1 heterocycles. The standard InChI is InChI=1S/C15H16Cl2N2/c1-15(2,18)12-8-4-3-5-11(8)19-14-9(12)6-7-10(16)13(14)17/h6-7H,3-5,18H2,1-2H3. The van der Waals surface area contributed by atoms with Gasteiger partial charge in [-0.3, -0.25) is 4.98 Å². The lowest BCUT2D eigenvalue weighted by Gasteiger charge is -2.25. The Balaban J connectivity index is 2.48. The van der Waals surface area contributed by atoms with Crippen molar-refractivity contribution in [2.45, 2.75) is 38.6 Å². The van der Waals surface area contributed by atoms with Crippen LogP contribution in [0.2, 0.25) is 10.0 Å². The average Bonchev–Trinajstić information content (AvgIpc) is 2.77. The lowest BCUT2D eigenvalue weighted by molar-refractivity contribution is 0.553. The molecule has 2 nitrogen and oxygen atoms in total. The van der Waals surface area contributed by atoms with Crippen molar-refractivity contribution in [1.29, 1.82) is 0 Å². The molecule has 19 heavy (non-hydrogen) atoms. The molecule has 0 aliphatic heterocycles. The van der Waals surface area contributed by atoms with E-state index in [-0.39, 0.29) is 0 Å². The summed E-state index contributed by atoms with van der Waals surface area (Å²) in [5.41, 5.74) is 10.4. The van der Waals surface area contributed by atoms with Crippen molar-refractivity contribution in [3.63, 3.8) is 0 Å². The van der Waals surface area contributed by atoms with Gasteiger partial charge in [0.1, 0.15) is 0 Å². The number of hydrogen-bond donors (Lipinski definition) is 1. The average molecular weight is 295 g/mol. The maximum absolute atomic E-state index is 6.38. The molecule has 1 aliphatic carbocycles. The molecule has 0 saturated carbocycles. The molecule has 0 atom stereocenters. The van der Waals surface area contributed by atoms with Gasteiger partial charge in [-0.15, -0.1) is 0 Å². The van der Waals surface area contributed by atoms with Gasteiger partial charge in [-0.1, -0.05) is 29.3 Å². The summed E-state index contributed by atoms with van der Waals surface area (Å²) in [6, 6.07) is 3.81. The number of pyridine rings is 1. The van der Waals surface area contributed by atoms with E-state index < -0.39 is 5.54 Å². The third kappa shape index (κ3) is 2.03. The Labute approximate surface area is 122 Å². The Bertz CT molecular complexity index is 672. The molecule has 100 valence electrons. The SMILES string of the molecule is CC(C)(N)c1c2c(nc3c(Cl)c(Cl)ccc13)CCC2. The van der Waals surface area contributed by atoms with E-state index in [0.717, 1.165) is 35.9 Å². The van der Waals surface area contributed by atoms with Gasteiger partial charge in [0.05, 0.1) is 15.6 Å². The molecule has 4 heteroatoms. The lowest BCUT2D eigenvalue weighted by atomic mass is 9.87. The number of aryl methyl sites for hydroxylation is 1. The lowest BCUT2D eigenvalue weighted by Crippen LogP contribution is -2.30. The summed E-state index contributed by atoms with van der Waals surface area (Å²) in [6.45, 7) is 4.06. The van der Waals surface area contributed by atoms with Crippen molar-refractivity contribution < 1.29 is 0 Å². The number of hydrogen-bond acceptors (Lipinski definition) is 2. The fraction of sp³-hybridized carbons (Fsp3) is 0.400. The van der Waals surface area contributed by atoms with E-state index in [1.807, 2.05) is 26.0 Å². The molecule has 0 amide bonds. The zero-order valence-electron chi connectivity index (χ0n) is 11.1. The van der Waals surface area contributed by atoms with Gasteiger partial charge in [0.15, 0.2) is 0 Å². The minimum absolute atomic E-state index is 0.410. The fourth-order valence-electron chi connectivity index (χ4n) is 3.00. The van der Waals surface area contributed by atoms with Gasteiger partial charge in [-0.2, -0.15) is 0 Å². The van der Waals surface area contributed by atoms with E-state index in [1.165, 1.54) is 11.1 Å². The van der Waals surface area contributed by atoms with Crippen molar-refractivity contribution >= 4 is 34.1 Å². The van der Waals surface area contributed by atoms with E-state index in [4.69, 9.17) is 33.9 Å². The molecule has 2 N–H and O–H groups in total. The molecule has 1 aliphatic rings. The molecule has 0 fully saturated rings. The first-order valence-corrected chi connectivity index (χ1v) is 7.24.